The van der Waals surface area contributed by atoms with Gasteiger partial charge in [-0.3, -0.25) is 0 Å². The minimum Gasteiger partial charge on any atom is -0.306 e. The van der Waals surface area contributed by atoms with E-state index >= 15 is 0 Å². The molecule has 0 aromatic carbocycles. The molecule has 3 nitrogen and oxygen atoms in total. The topological polar surface area (TPSA) is 50.9 Å². The third kappa shape index (κ3) is 1.06. The number of aryl methyl sites for hydroxylation is 1. The molecule has 3 N–H and O–H groups in total. The normalized spacial score (nSPS) is 9.50. The van der Waals surface area contributed by atoms with E-state index in [0.29, 0.717) is 5.56 Å². The van der Waals surface area contributed by atoms with Crippen molar-refractivity contribution < 1.29 is 4.39 Å². The molecule has 1 aromatic heterocycles. The first-order valence-electron chi connectivity index (χ1n) is 2.83. The Morgan fingerprint density at radius 3 is 2.90 bits per heavy atom. The lowest BCUT2D eigenvalue weighted by Crippen LogP contribution is -2.10. The number of hydrazine groups is 1. The van der Waals surface area contributed by atoms with E-state index in [-0.39, 0.29) is 5.82 Å². The molecule has 1 rings (SSSR count). The molecule has 0 fully saturated rings. The van der Waals surface area contributed by atoms with Gasteiger partial charge in [-0.25, -0.2) is 15.2 Å². The average molecular weight is 141 g/mol. The zero-order chi connectivity index (χ0) is 7.56. The summed E-state index contributed by atoms with van der Waals surface area (Å²) in [5.41, 5.74) is 2.68. The van der Waals surface area contributed by atoms with Crippen LogP contribution in [0.25, 0.3) is 0 Å². The molecule has 4 heteroatoms. The molecule has 54 valence electrons. The quantitative estimate of drug-likeness (QED) is 0.449. The lowest BCUT2D eigenvalue weighted by molar-refractivity contribution is 0.615. The van der Waals surface area contributed by atoms with Crippen molar-refractivity contribution in [2.45, 2.75) is 6.92 Å². The lowest BCUT2D eigenvalue weighted by atomic mass is 10.3. The van der Waals surface area contributed by atoms with Gasteiger partial charge in [0.15, 0.2) is 11.6 Å². The van der Waals surface area contributed by atoms with Crippen LogP contribution >= 0.6 is 0 Å². The van der Waals surface area contributed by atoms with Gasteiger partial charge in [0.1, 0.15) is 0 Å². The molecule has 0 aliphatic carbocycles. The van der Waals surface area contributed by atoms with E-state index in [4.69, 9.17) is 5.84 Å². The molecule has 10 heavy (non-hydrogen) atoms. The average Bonchev–Trinajstić information content (AvgIpc) is 1.95. The summed E-state index contributed by atoms with van der Waals surface area (Å²) in [6.07, 6.45) is 1.49. The summed E-state index contributed by atoms with van der Waals surface area (Å²) < 4.78 is 12.8. The molecular formula is C6H8FN3. The molecule has 0 bridgehead atoms. The predicted molar refractivity (Wildman–Crippen MR) is 36.7 cm³/mol. The number of nitrogen functional groups attached to an aromatic ring is 1. The number of aromatic nitrogens is 1. The van der Waals surface area contributed by atoms with Gasteiger partial charge in [0.05, 0.1) is 0 Å². The van der Waals surface area contributed by atoms with Crippen LogP contribution < -0.4 is 11.3 Å². The van der Waals surface area contributed by atoms with E-state index < -0.39 is 5.82 Å². The smallest absolute Gasteiger partial charge is 0.176 e. The van der Waals surface area contributed by atoms with Gasteiger partial charge in [-0.2, -0.15) is 0 Å². The van der Waals surface area contributed by atoms with Crippen molar-refractivity contribution in [2.75, 3.05) is 5.43 Å². The first-order valence-corrected chi connectivity index (χ1v) is 2.83. The molecule has 0 saturated heterocycles. The van der Waals surface area contributed by atoms with Gasteiger partial charge in [0, 0.05) is 6.20 Å². The number of nitrogens with zero attached hydrogens (tertiary/aromatic N) is 1. The second-order valence-electron chi connectivity index (χ2n) is 1.93. The number of rotatable bonds is 1. The second-order valence-corrected chi connectivity index (χ2v) is 1.93. The number of anilines is 1. The highest BCUT2D eigenvalue weighted by Crippen LogP contribution is 2.11. The highest BCUT2D eigenvalue weighted by atomic mass is 19.1. The lowest BCUT2D eigenvalue weighted by Gasteiger charge is -2.00. The van der Waals surface area contributed by atoms with Crippen molar-refractivity contribution in [3.63, 3.8) is 0 Å². The number of hydrogen-bond acceptors (Lipinski definition) is 3. The number of pyridine rings is 1. The van der Waals surface area contributed by atoms with E-state index in [1.165, 1.54) is 6.20 Å². The van der Waals surface area contributed by atoms with Crippen molar-refractivity contribution in [2.24, 2.45) is 5.84 Å². The SMILES string of the molecule is Cc1ccnc(NN)c1F. The van der Waals surface area contributed by atoms with Crippen LogP contribution in [0.1, 0.15) is 5.56 Å². The van der Waals surface area contributed by atoms with Crippen LogP contribution in [0.2, 0.25) is 0 Å². The van der Waals surface area contributed by atoms with Crippen molar-refractivity contribution in [3.05, 3.63) is 23.6 Å². The minimum atomic E-state index is -0.398. The van der Waals surface area contributed by atoms with Crippen LogP contribution in [0.3, 0.4) is 0 Å². The summed E-state index contributed by atoms with van der Waals surface area (Å²) in [6.45, 7) is 1.65. The Labute approximate surface area is 58.0 Å². The molecule has 0 atom stereocenters. The van der Waals surface area contributed by atoms with Gasteiger partial charge in [0.2, 0.25) is 0 Å². The third-order valence-electron chi connectivity index (χ3n) is 1.22. The van der Waals surface area contributed by atoms with E-state index in [1.54, 1.807) is 13.0 Å². The summed E-state index contributed by atoms with van der Waals surface area (Å²) in [7, 11) is 0. The molecule has 1 heterocycles. The molecule has 0 spiro atoms. The largest absolute Gasteiger partial charge is 0.306 e. The van der Waals surface area contributed by atoms with E-state index in [1.807, 2.05) is 0 Å². The monoisotopic (exact) mass is 141 g/mol. The fraction of sp³-hybridized carbons (Fsp3) is 0.167. The summed E-state index contributed by atoms with van der Waals surface area (Å²) in [5.74, 6) is 4.65. The highest BCUT2D eigenvalue weighted by molar-refractivity contribution is 5.37. The van der Waals surface area contributed by atoms with E-state index in [2.05, 4.69) is 10.4 Å². The fourth-order valence-electron chi connectivity index (χ4n) is 0.641. The summed E-state index contributed by atoms with van der Waals surface area (Å²) in [6, 6.07) is 1.58. The van der Waals surface area contributed by atoms with Gasteiger partial charge in [-0.05, 0) is 18.6 Å². The summed E-state index contributed by atoms with van der Waals surface area (Å²) >= 11 is 0. The number of nitrogens with one attached hydrogen (secondary N) is 1. The van der Waals surface area contributed by atoms with Gasteiger partial charge in [0.25, 0.3) is 0 Å². The Morgan fingerprint density at radius 2 is 2.40 bits per heavy atom. The molecule has 0 aliphatic rings. The fourth-order valence-corrected chi connectivity index (χ4v) is 0.641. The highest BCUT2D eigenvalue weighted by Gasteiger charge is 2.02. The molecule has 0 unspecified atom stereocenters. The van der Waals surface area contributed by atoms with Crippen LogP contribution in [0, 0.1) is 12.7 Å². The number of nitrogens with two attached hydrogens (primary N) is 1. The van der Waals surface area contributed by atoms with Crippen molar-refractivity contribution >= 4 is 5.82 Å². The molecule has 0 radical (unpaired) electrons. The van der Waals surface area contributed by atoms with Crippen LogP contribution in [0.4, 0.5) is 10.2 Å². The van der Waals surface area contributed by atoms with Gasteiger partial charge in [-0.1, -0.05) is 0 Å². The van der Waals surface area contributed by atoms with E-state index in [0.717, 1.165) is 0 Å². The van der Waals surface area contributed by atoms with Gasteiger partial charge >= 0.3 is 0 Å². The van der Waals surface area contributed by atoms with Gasteiger partial charge < -0.3 is 5.43 Å². The van der Waals surface area contributed by atoms with Crippen LogP contribution in [0.5, 0.6) is 0 Å². The third-order valence-corrected chi connectivity index (χ3v) is 1.22. The Kier molecular flexibility index (Phi) is 1.82. The van der Waals surface area contributed by atoms with Gasteiger partial charge in [-0.15, -0.1) is 0 Å². The van der Waals surface area contributed by atoms with Crippen molar-refractivity contribution in [1.82, 2.24) is 4.98 Å². The number of halogens is 1. The molecule has 0 saturated carbocycles. The standard InChI is InChI=1S/C6H8FN3/c1-4-2-3-9-6(10-8)5(4)7/h2-3H,8H2,1H3,(H,9,10). The maximum atomic E-state index is 12.8. The molecule has 1 aromatic rings. The first-order chi connectivity index (χ1) is 4.75. The maximum Gasteiger partial charge on any atom is 0.176 e. The Morgan fingerprint density at radius 1 is 1.70 bits per heavy atom. The summed E-state index contributed by atoms with van der Waals surface area (Å²) in [4.78, 5) is 3.65. The zero-order valence-corrected chi connectivity index (χ0v) is 5.56. The van der Waals surface area contributed by atoms with E-state index in [9.17, 15) is 4.39 Å². The first kappa shape index (κ1) is 6.95. The molecule has 0 amide bonds. The minimum absolute atomic E-state index is 0.0833. The van der Waals surface area contributed by atoms with Crippen LogP contribution in [0.15, 0.2) is 12.3 Å². The second kappa shape index (κ2) is 2.62. The van der Waals surface area contributed by atoms with Crippen molar-refractivity contribution in [3.8, 4) is 0 Å². The van der Waals surface area contributed by atoms with Crippen LogP contribution in [-0.2, 0) is 0 Å². The summed E-state index contributed by atoms with van der Waals surface area (Å²) in [5, 5.41) is 0. The zero-order valence-electron chi connectivity index (χ0n) is 5.56. The Hall–Kier alpha value is -1.16. The molecular weight excluding hydrogens is 133 g/mol. The van der Waals surface area contributed by atoms with Crippen LogP contribution in [-0.4, -0.2) is 4.98 Å². The van der Waals surface area contributed by atoms with Crippen molar-refractivity contribution in [1.29, 1.82) is 0 Å². The maximum absolute atomic E-state index is 12.8. The predicted octanol–water partition coefficient (Wildman–Crippen LogP) is 0.815. The Bertz CT molecular complexity index is 236. The Balaban J connectivity index is 3.14. The molecule has 0 aliphatic heterocycles. The number of hydrogen-bond donors (Lipinski definition) is 2.